The number of nitrogens with zero attached hydrogens (tertiary/aromatic N) is 4. The lowest BCUT2D eigenvalue weighted by atomic mass is 9.96. The summed E-state index contributed by atoms with van der Waals surface area (Å²) in [5.41, 5.74) is 3.35. The normalized spacial score (nSPS) is 19.8. The molecule has 2 aliphatic heterocycles. The summed E-state index contributed by atoms with van der Waals surface area (Å²) in [6.45, 7) is 11.6. The van der Waals surface area contributed by atoms with Crippen molar-refractivity contribution in [1.82, 2.24) is 19.2 Å². The molecule has 2 aliphatic rings. The highest BCUT2D eigenvalue weighted by Crippen LogP contribution is 2.40. The quantitative estimate of drug-likeness (QED) is 0.212. The molecule has 2 fully saturated rings. The number of morpholine rings is 1. The molecule has 2 saturated heterocycles. The number of carbonyl (C=O) groups excluding carboxylic acids is 2. The van der Waals surface area contributed by atoms with E-state index in [0.717, 1.165) is 18.7 Å². The largest absolute Gasteiger partial charge is 0.505 e. The fraction of sp³-hybridized carbons (Fsp3) is 0.345. The van der Waals surface area contributed by atoms with E-state index in [1.54, 1.807) is 23.1 Å². The molecule has 4 heterocycles. The molecule has 198 valence electrons. The van der Waals surface area contributed by atoms with E-state index < -0.39 is 17.7 Å². The minimum absolute atomic E-state index is 0.0425. The van der Waals surface area contributed by atoms with E-state index in [1.807, 2.05) is 48.7 Å². The second-order valence-corrected chi connectivity index (χ2v) is 9.55. The number of aliphatic hydroxyl groups excluding tert-OH is 1. The number of fused-ring (bicyclic) bond motifs is 1. The van der Waals surface area contributed by atoms with Crippen molar-refractivity contribution in [3.05, 3.63) is 83.3 Å². The minimum atomic E-state index is -0.755. The average molecular weight is 517 g/mol. The molecule has 1 unspecified atom stereocenters. The predicted molar refractivity (Wildman–Crippen MR) is 143 cm³/mol. The topological polar surface area (TPSA) is 96.6 Å². The van der Waals surface area contributed by atoms with Crippen molar-refractivity contribution < 1.29 is 24.2 Å². The molecular weight excluding hydrogens is 484 g/mol. The Kier molecular flexibility index (Phi) is 7.31. The number of aromatic nitrogens is 2. The Bertz CT molecular complexity index is 1400. The number of ether oxygens (including phenoxy) is 2. The smallest absolute Gasteiger partial charge is 0.295 e. The molecular formula is C29H32N4O5. The third-order valence-electron chi connectivity index (χ3n) is 7.17. The highest BCUT2D eigenvalue weighted by atomic mass is 16.5. The Morgan fingerprint density at radius 2 is 1.89 bits per heavy atom. The maximum atomic E-state index is 13.5. The SMILES string of the molecule is C=CCOc1ccc(C2/C(=C(\O)c3nc4c(C)cccn4c3C)C(=O)C(=O)N2CCN2CCOCC2)cc1. The highest BCUT2D eigenvalue weighted by molar-refractivity contribution is 6.46. The Hall–Kier alpha value is -3.95. The first-order valence-corrected chi connectivity index (χ1v) is 12.8. The minimum Gasteiger partial charge on any atom is -0.505 e. The Morgan fingerprint density at radius 3 is 2.58 bits per heavy atom. The number of aryl methyl sites for hydroxylation is 2. The number of ketones is 1. The molecule has 0 bridgehead atoms. The second kappa shape index (κ2) is 10.8. The fourth-order valence-electron chi connectivity index (χ4n) is 5.11. The van der Waals surface area contributed by atoms with Crippen LogP contribution in [-0.2, 0) is 14.3 Å². The third-order valence-corrected chi connectivity index (χ3v) is 7.17. The number of aliphatic hydroxyl groups is 1. The van der Waals surface area contributed by atoms with E-state index in [2.05, 4.69) is 16.5 Å². The number of hydrogen-bond donors (Lipinski definition) is 1. The Balaban J connectivity index is 1.57. The first-order valence-electron chi connectivity index (χ1n) is 12.8. The molecule has 0 radical (unpaired) electrons. The van der Waals surface area contributed by atoms with Crippen LogP contribution in [0.3, 0.4) is 0 Å². The number of imidazole rings is 1. The molecule has 1 N–H and O–H groups in total. The molecule has 0 saturated carbocycles. The molecule has 0 aliphatic carbocycles. The number of pyridine rings is 1. The summed E-state index contributed by atoms with van der Waals surface area (Å²) < 4.78 is 12.9. The van der Waals surface area contributed by atoms with Crippen LogP contribution >= 0.6 is 0 Å². The van der Waals surface area contributed by atoms with Gasteiger partial charge < -0.3 is 23.9 Å². The van der Waals surface area contributed by atoms with Gasteiger partial charge in [0.2, 0.25) is 0 Å². The van der Waals surface area contributed by atoms with Crippen LogP contribution in [0.1, 0.15) is 28.6 Å². The van der Waals surface area contributed by atoms with Gasteiger partial charge in [0, 0.05) is 32.4 Å². The zero-order valence-electron chi connectivity index (χ0n) is 21.7. The third kappa shape index (κ3) is 4.70. The number of likely N-dealkylation sites (tertiary alicyclic amines) is 1. The fourth-order valence-corrected chi connectivity index (χ4v) is 5.11. The molecule has 0 spiro atoms. The van der Waals surface area contributed by atoms with Crippen LogP contribution in [0.4, 0.5) is 0 Å². The number of rotatable bonds is 8. The van der Waals surface area contributed by atoms with Gasteiger partial charge in [0.05, 0.1) is 30.5 Å². The van der Waals surface area contributed by atoms with Gasteiger partial charge in [-0.15, -0.1) is 0 Å². The van der Waals surface area contributed by atoms with Gasteiger partial charge in [-0.3, -0.25) is 14.5 Å². The van der Waals surface area contributed by atoms with Crippen LogP contribution in [0.15, 0.2) is 60.8 Å². The van der Waals surface area contributed by atoms with Crippen LogP contribution in [-0.4, -0.2) is 82.0 Å². The molecule has 1 aromatic carbocycles. The van der Waals surface area contributed by atoms with Gasteiger partial charge in [0.1, 0.15) is 23.7 Å². The zero-order valence-corrected chi connectivity index (χ0v) is 21.7. The van der Waals surface area contributed by atoms with Crippen molar-refractivity contribution in [3.8, 4) is 5.75 Å². The number of Topliss-reactive ketones (excluding diaryl/α,β-unsaturated/α-hetero) is 1. The first-order chi connectivity index (χ1) is 18.4. The first kappa shape index (κ1) is 25.7. The molecule has 1 amide bonds. The van der Waals surface area contributed by atoms with E-state index in [4.69, 9.17) is 9.47 Å². The average Bonchev–Trinajstić information content (AvgIpc) is 3.41. The van der Waals surface area contributed by atoms with Gasteiger partial charge in [-0.1, -0.05) is 30.9 Å². The zero-order chi connectivity index (χ0) is 26.8. The standard InChI is InChI=1S/C29H32N4O5/c1-4-16-38-22-9-7-21(8-10-22)25-23(26(34)24-20(3)32-11-5-6-19(2)28(32)30-24)27(35)29(36)33(25)13-12-31-14-17-37-18-15-31/h4-11,25,34H,1,12-18H2,2-3H3/b26-23+. The Labute approximate surface area is 221 Å². The lowest BCUT2D eigenvalue weighted by Gasteiger charge is -2.31. The summed E-state index contributed by atoms with van der Waals surface area (Å²) in [5, 5.41) is 11.6. The lowest BCUT2D eigenvalue weighted by molar-refractivity contribution is -0.140. The molecule has 38 heavy (non-hydrogen) atoms. The summed E-state index contributed by atoms with van der Waals surface area (Å²) in [6.07, 6.45) is 3.52. The molecule has 5 rings (SSSR count). The summed E-state index contributed by atoms with van der Waals surface area (Å²) in [6, 6.07) is 10.3. The van der Waals surface area contributed by atoms with Crippen LogP contribution in [0.5, 0.6) is 5.75 Å². The number of carbonyl (C=O) groups is 2. The number of benzene rings is 1. The lowest BCUT2D eigenvalue weighted by Crippen LogP contribution is -2.42. The van der Waals surface area contributed by atoms with Crippen molar-refractivity contribution in [3.63, 3.8) is 0 Å². The molecule has 2 aromatic heterocycles. The van der Waals surface area contributed by atoms with Crippen molar-refractivity contribution in [2.24, 2.45) is 0 Å². The van der Waals surface area contributed by atoms with E-state index in [0.29, 0.717) is 61.3 Å². The summed E-state index contributed by atoms with van der Waals surface area (Å²) in [4.78, 5) is 35.2. The molecule has 9 nitrogen and oxygen atoms in total. The Morgan fingerprint density at radius 1 is 1.16 bits per heavy atom. The van der Waals surface area contributed by atoms with Crippen molar-refractivity contribution in [1.29, 1.82) is 0 Å². The van der Waals surface area contributed by atoms with Gasteiger partial charge >= 0.3 is 0 Å². The van der Waals surface area contributed by atoms with Crippen LogP contribution in [0, 0.1) is 13.8 Å². The number of hydrogen-bond acceptors (Lipinski definition) is 7. The molecule has 3 aromatic rings. The van der Waals surface area contributed by atoms with Crippen molar-refractivity contribution in [2.45, 2.75) is 19.9 Å². The molecule has 1 atom stereocenters. The van der Waals surface area contributed by atoms with Gasteiger partial charge in [0.25, 0.3) is 11.7 Å². The number of amides is 1. The van der Waals surface area contributed by atoms with E-state index >= 15 is 0 Å². The van der Waals surface area contributed by atoms with Crippen LogP contribution in [0.25, 0.3) is 11.4 Å². The van der Waals surface area contributed by atoms with Crippen molar-refractivity contribution >= 4 is 23.1 Å². The second-order valence-electron chi connectivity index (χ2n) is 9.55. The van der Waals surface area contributed by atoms with Crippen LogP contribution < -0.4 is 4.74 Å². The maximum Gasteiger partial charge on any atom is 0.295 e. The van der Waals surface area contributed by atoms with E-state index in [9.17, 15) is 14.7 Å². The predicted octanol–water partition coefficient (Wildman–Crippen LogP) is 3.27. The molecule has 9 heteroatoms. The van der Waals surface area contributed by atoms with E-state index in [1.165, 1.54) is 0 Å². The van der Waals surface area contributed by atoms with E-state index in [-0.39, 0.29) is 11.3 Å². The van der Waals surface area contributed by atoms with Crippen LogP contribution in [0.2, 0.25) is 0 Å². The highest BCUT2D eigenvalue weighted by Gasteiger charge is 2.46. The van der Waals surface area contributed by atoms with Gasteiger partial charge in [0.15, 0.2) is 5.76 Å². The summed E-state index contributed by atoms with van der Waals surface area (Å²) >= 11 is 0. The maximum absolute atomic E-state index is 13.5. The van der Waals surface area contributed by atoms with Crippen molar-refractivity contribution in [2.75, 3.05) is 46.0 Å². The van der Waals surface area contributed by atoms with Gasteiger partial charge in [-0.2, -0.15) is 0 Å². The van der Waals surface area contributed by atoms with Gasteiger partial charge in [-0.25, -0.2) is 4.98 Å². The summed E-state index contributed by atoms with van der Waals surface area (Å²) in [5.74, 6) is -0.968. The monoisotopic (exact) mass is 516 g/mol. The van der Waals surface area contributed by atoms with Gasteiger partial charge in [-0.05, 0) is 43.2 Å². The summed E-state index contributed by atoms with van der Waals surface area (Å²) in [7, 11) is 0.